The van der Waals surface area contributed by atoms with E-state index in [4.69, 9.17) is 4.74 Å². The van der Waals surface area contributed by atoms with Crippen molar-refractivity contribution in [2.45, 2.75) is 6.04 Å². The molecule has 3 aromatic carbocycles. The number of nitrogens with one attached hydrogen (secondary N) is 1. The number of para-hydroxylation sites is 1. The number of urea groups is 1. The molecule has 0 bridgehead atoms. The largest absolute Gasteiger partial charge is 0.457 e. The lowest BCUT2D eigenvalue weighted by atomic mass is 9.96. The molecular weight excluding hydrogens is 390 g/mol. The summed E-state index contributed by atoms with van der Waals surface area (Å²) >= 11 is 0. The number of nitrogens with zero attached hydrogens (tertiary/aromatic N) is 2. The maximum absolute atomic E-state index is 13.4. The SMILES string of the molecule is CN1C(=O)N[C@H](c2ccccc2)C2=C1CN(c1ccc(Oc3ccccc3)cc1)C2=O. The van der Waals surface area contributed by atoms with Crippen molar-refractivity contribution in [2.75, 3.05) is 18.5 Å². The lowest BCUT2D eigenvalue weighted by Crippen LogP contribution is -2.45. The molecule has 3 amide bonds. The van der Waals surface area contributed by atoms with E-state index < -0.39 is 6.04 Å². The molecule has 1 N–H and O–H groups in total. The summed E-state index contributed by atoms with van der Waals surface area (Å²) in [7, 11) is 1.69. The van der Waals surface area contributed by atoms with Crippen molar-refractivity contribution in [2.24, 2.45) is 0 Å². The third kappa shape index (κ3) is 3.42. The van der Waals surface area contributed by atoms with Gasteiger partial charge < -0.3 is 15.0 Å². The molecule has 31 heavy (non-hydrogen) atoms. The molecule has 1 atom stereocenters. The minimum Gasteiger partial charge on any atom is -0.457 e. The number of rotatable bonds is 4. The number of ether oxygens (including phenoxy) is 1. The van der Waals surface area contributed by atoms with Crippen LogP contribution in [0.5, 0.6) is 11.5 Å². The fourth-order valence-corrected chi connectivity index (χ4v) is 3.99. The summed E-state index contributed by atoms with van der Waals surface area (Å²) in [5.74, 6) is 1.34. The van der Waals surface area contributed by atoms with Gasteiger partial charge in [-0.05, 0) is 42.0 Å². The predicted molar refractivity (Wildman–Crippen MR) is 118 cm³/mol. The lowest BCUT2D eigenvalue weighted by molar-refractivity contribution is -0.114. The normalized spacial score (nSPS) is 18.2. The molecule has 0 saturated carbocycles. The Labute approximate surface area is 180 Å². The first kappa shape index (κ1) is 18.9. The fraction of sp³-hybridized carbons (Fsp3) is 0.120. The molecule has 5 rings (SSSR count). The lowest BCUT2D eigenvalue weighted by Gasteiger charge is -2.31. The van der Waals surface area contributed by atoms with Crippen LogP contribution in [0, 0.1) is 0 Å². The summed E-state index contributed by atoms with van der Waals surface area (Å²) in [5, 5.41) is 2.95. The van der Waals surface area contributed by atoms with Crippen molar-refractivity contribution >= 4 is 17.6 Å². The van der Waals surface area contributed by atoms with Crippen molar-refractivity contribution in [3.63, 3.8) is 0 Å². The molecule has 0 spiro atoms. The van der Waals surface area contributed by atoms with Crippen molar-refractivity contribution in [1.82, 2.24) is 10.2 Å². The number of amides is 3. The van der Waals surface area contributed by atoms with E-state index in [1.54, 1.807) is 11.9 Å². The maximum Gasteiger partial charge on any atom is 0.322 e. The Morgan fingerprint density at radius 2 is 1.45 bits per heavy atom. The number of carbonyl (C=O) groups excluding carboxylic acids is 2. The minimum atomic E-state index is -0.460. The van der Waals surface area contributed by atoms with E-state index in [1.807, 2.05) is 84.9 Å². The van der Waals surface area contributed by atoms with Gasteiger partial charge in [0.1, 0.15) is 11.5 Å². The van der Waals surface area contributed by atoms with Gasteiger partial charge in [-0.2, -0.15) is 0 Å². The van der Waals surface area contributed by atoms with E-state index >= 15 is 0 Å². The van der Waals surface area contributed by atoms with Gasteiger partial charge in [-0.25, -0.2) is 4.79 Å². The van der Waals surface area contributed by atoms with Crippen molar-refractivity contribution in [1.29, 1.82) is 0 Å². The monoisotopic (exact) mass is 411 g/mol. The molecule has 3 aromatic rings. The van der Waals surface area contributed by atoms with Crippen molar-refractivity contribution < 1.29 is 14.3 Å². The Bertz CT molecular complexity index is 1160. The van der Waals surface area contributed by atoms with Crippen LogP contribution in [0.4, 0.5) is 10.5 Å². The summed E-state index contributed by atoms with van der Waals surface area (Å²) in [5.41, 5.74) is 2.98. The Hall–Kier alpha value is -4.06. The van der Waals surface area contributed by atoms with Crippen LogP contribution < -0.4 is 15.0 Å². The fourth-order valence-electron chi connectivity index (χ4n) is 3.99. The van der Waals surface area contributed by atoms with E-state index in [2.05, 4.69) is 5.32 Å². The second-order valence-electron chi connectivity index (χ2n) is 7.51. The first-order valence-electron chi connectivity index (χ1n) is 10.1. The van der Waals surface area contributed by atoms with Gasteiger partial charge in [-0.3, -0.25) is 9.69 Å². The molecule has 0 fully saturated rings. The zero-order chi connectivity index (χ0) is 21.4. The van der Waals surface area contributed by atoms with E-state index in [0.29, 0.717) is 17.9 Å². The summed E-state index contributed by atoms with van der Waals surface area (Å²) in [6.45, 7) is 0.348. The second kappa shape index (κ2) is 7.65. The van der Waals surface area contributed by atoms with Gasteiger partial charge in [0, 0.05) is 12.7 Å². The number of hydrogen-bond donors (Lipinski definition) is 1. The Morgan fingerprint density at radius 1 is 0.839 bits per heavy atom. The molecule has 2 aliphatic heterocycles. The quantitative estimate of drug-likeness (QED) is 0.689. The highest BCUT2D eigenvalue weighted by atomic mass is 16.5. The number of carbonyl (C=O) groups is 2. The van der Waals surface area contributed by atoms with Crippen LogP contribution in [0.25, 0.3) is 0 Å². The summed E-state index contributed by atoms with van der Waals surface area (Å²) in [6.07, 6.45) is 0. The molecule has 6 nitrogen and oxygen atoms in total. The molecule has 2 aliphatic rings. The average molecular weight is 411 g/mol. The van der Waals surface area contributed by atoms with Gasteiger partial charge in [0.15, 0.2) is 0 Å². The molecular formula is C25H21N3O3. The van der Waals surface area contributed by atoms with Crippen LogP contribution >= 0.6 is 0 Å². The van der Waals surface area contributed by atoms with Gasteiger partial charge in [-0.1, -0.05) is 48.5 Å². The summed E-state index contributed by atoms with van der Waals surface area (Å²) < 4.78 is 5.85. The molecule has 0 saturated heterocycles. The maximum atomic E-state index is 13.4. The first-order chi connectivity index (χ1) is 15.1. The second-order valence-corrected chi connectivity index (χ2v) is 7.51. The number of anilines is 1. The molecule has 0 aliphatic carbocycles. The van der Waals surface area contributed by atoms with Crippen LogP contribution in [0.15, 0.2) is 96.2 Å². The minimum absolute atomic E-state index is 0.104. The van der Waals surface area contributed by atoms with E-state index in [1.165, 1.54) is 4.90 Å². The third-order valence-corrected chi connectivity index (χ3v) is 5.62. The van der Waals surface area contributed by atoms with Gasteiger partial charge in [-0.15, -0.1) is 0 Å². The van der Waals surface area contributed by atoms with Crippen LogP contribution in [0.1, 0.15) is 11.6 Å². The highest BCUT2D eigenvalue weighted by Crippen LogP contribution is 2.38. The Balaban J connectivity index is 1.42. The number of benzene rings is 3. The van der Waals surface area contributed by atoms with Crippen LogP contribution in [0.3, 0.4) is 0 Å². The molecule has 6 heteroatoms. The van der Waals surface area contributed by atoms with E-state index in [9.17, 15) is 9.59 Å². The Morgan fingerprint density at radius 3 is 2.13 bits per heavy atom. The van der Waals surface area contributed by atoms with Gasteiger partial charge in [0.05, 0.1) is 23.9 Å². The van der Waals surface area contributed by atoms with Gasteiger partial charge in [0.2, 0.25) is 0 Å². The smallest absolute Gasteiger partial charge is 0.322 e. The van der Waals surface area contributed by atoms with Crippen molar-refractivity contribution in [3.05, 3.63) is 102 Å². The summed E-state index contributed by atoms with van der Waals surface area (Å²) in [4.78, 5) is 29.2. The average Bonchev–Trinajstić information content (AvgIpc) is 3.15. The van der Waals surface area contributed by atoms with E-state index in [0.717, 1.165) is 22.7 Å². The summed E-state index contributed by atoms with van der Waals surface area (Å²) in [6, 6.07) is 25.8. The number of likely N-dealkylation sites (N-methyl/N-ethyl adjacent to an activating group) is 1. The molecule has 154 valence electrons. The van der Waals surface area contributed by atoms with E-state index in [-0.39, 0.29) is 11.9 Å². The third-order valence-electron chi connectivity index (χ3n) is 5.62. The number of hydrogen-bond acceptors (Lipinski definition) is 3. The first-order valence-corrected chi connectivity index (χ1v) is 10.1. The zero-order valence-corrected chi connectivity index (χ0v) is 17.0. The van der Waals surface area contributed by atoms with Crippen LogP contribution in [0.2, 0.25) is 0 Å². The topological polar surface area (TPSA) is 61.9 Å². The standard InChI is InChI=1S/C25H21N3O3/c1-27-21-16-28(18-12-14-20(15-13-18)31-19-10-6-3-7-11-19)24(29)22(21)23(26-25(27)30)17-8-4-2-5-9-17/h2-15,23H,16H2,1H3,(H,26,30)/t23-/m1/s1. The molecule has 0 unspecified atom stereocenters. The highest BCUT2D eigenvalue weighted by molar-refractivity contribution is 6.11. The molecule has 0 radical (unpaired) electrons. The molecule has 2 heterocycles. The van der Waals surface area contributed by atoms with Gasteiger partial charge in [0.25, 0.3) is 5.91 Å². The van der Waals surface area contributed by atoms with Gasteiger partial charge >= 0.3 is 6.03 Å². The zero-order valence-electron chi connectivity index (χ0n) is 17.0. The van der Waals surface area contributed by atoms with Crippen LogP contribution in [-0.2, 0) is 4.79 Å². The molecule has 0 aromatic heterocycles. The van der Waals surface area contributed by atoms with Crippen LogP contribution in [-0.4, -0.2) is 30.4 Å². The highest BCUT2D eigenvalue weighted by Gasteiger charge is 2.43. The predicted octanol–water partition coefficient (Wildman–Crippen LogP) is 4.48. The van der Waals surface area contributed by atoms with Crippen molar-refractivity contribution in [3.8, 4) is 11.5 Å². The Kier molecular flexibility index (Phi) is 4.67.